The number of amides is 7. The number of aliphatic hydroxyl groups excluding tert-OH is 2. The molecule has 0 saturated carbocycles. The number of phenols is 2. The Hall–Kier alpha value is -6.32. The molecule has 12 N–H and O–H groups in total. The molecule has 4 bridgehead atoms. The maximum atomic E-state index is 14.1. The van der Waals surface area contributed by atoms with Crippen LogP contribution in [0.3, 0.4) is 0 Å². The van der Waals surface area contributed by atoms with E-state index in [1.54, 1.807) is 0 Å². The predicted octanol–water partition coefficient (Wildman–Crippen LogP) is 1.58. The van der Waals surface area contributed by atoms with Crippen molar-refractivity contribution in [2.24, 2.45) is 5.73 Å². The van der Waals surface area contributed by atoms with Gasteiger partial charge in [0.15, 0.2) is 12.3 Å². The number of carboxylic acids is 1. The minimum Gasteiger partial charge on any atom is -0.507 e. The van der Waals surface area contributed by atoms with Gasteiger partial charge >= 0.3 is 5.97 Å². The molecule has 388 valence electrons. The number of fused-ring (bicyclic) bond motifs is 5. The van der Waals surface area contributed by atoms with Crippen molar-refractivity contribution in [1.82, 2.24) is 36.4 Å². The second-order valence-electron chi connectivity index (χ2n) is 17.9. The maximum Gasteiger partial charge on any atom is 0.334 e. The highest BCUT2D eigenvalue weighted by atomic mass is 16.4. The summed E-state index contributed by atoms with van der Waals surface area (Å²) in [7, 11) is 2.67. The van der Waals surface area contributed by atoms with Gasteiger partial charge in [-0.1, -0.05) is 96.1 Å². The normalized spacial score (nSPS) is 17.1. The molecule has 1 aliphatic heterocycles. The molecule has 70 heavy (non-hydrogen) atoms. The molecule has 0 fully saturated rings. The van der Waals surface area contributed by atoms with E-state index in [1.807, 2.05) is 0 Å². The van der Waals surface area contributed by atoms with E-state index in [1.165, 1.54) is 114 Å². The molecule has 1 aliphatic rings. The Morgan fingerprint density at radius 2 is 1.34 bits per heavy atom. The van der Waals surface area contributed by atoms with Gasteiger partial charge in [-0.05, 0) is 55.2 Å². The molecule has 6 atom stereocenters. The lowest BCUT2D eigenvalue weighted by atomic mass is 9.93. The molecule has 0 saturated heterocycles. The van der Waals surface area contributed by atoms with Crippen molar-refractivity contribution in [3.8, 4) is 22.6 Å². The van der Waals surface area contributed by atoms with Crippen LogP contribution in [0.15, 0.2) is 36.4 Å². The van der Waals surface area contributed by atoms with Crippen LogP contribution in [-0.4, -0.2) is 147 Å². The van der Waals surface area contributed by atoms with Crippen LogP contribution in [0.25, 0.3) is 11.1 Å². The third-order valence-corrected chi connectivity index (χ3v) is 12.4. The van der Waals surface area contributed by atoms with Gasteiger partial charge in [0.25, 0.3) is 5.91 Å². The number of rotatable bonds is 27. The van der Waals surface area contributed by atoms with Gasteiger partial charge in [0.1, 0.15) is 35.7 Å². The van der Waals surface area contributed by atoms with Crippen molar-refractivity contribution >= 4 is 47.3 Å². The number of nitrogens with one attached hydrogen (secondary N) is 5. The van der Waals surface area contributed by atoms with Crippen LogP contribution in [0.2, 0.25) is 0 Å². The highest BCUT2D eigenvalue weighted by Gasteiger charge is 2.34. The smallest absolute Gasteiger partial charge is 0.334 e. The molecule has 0 aromatic heterocycles. The van der Waals surface area contributed by atoms with Gasteiger partial charge < -0.3 is 67.7 Å². The largest absolute Gasteiger partial charge is 0.507 e. The standard InChI is InChI=1S/C49H74N8O13/c1-5-6-7-8-9-10-11-12-13-14-15-16-17-18-40(62)56(3)36(23-24-58)46(66)55-43(50)48(68)52-29-41(63)57(4)42-32-20-22-38(60)34(27-32)33-25-31(19-21-37(33)59)26-35(45(65)51-28-39(61)49(69)70)54-44(64)30(2)53-47(42)67/h19-22,25,27,30,35-36,39,42-43,58-61H,5-18,23-24,26,28-29,50H2,1-4H3,(H,51,65)(H,52,68)(H,53,67)(H,54,64)(H,55,66)(H,69,70)/t30-,35-,36+,39?,42-,43-/m0/s1. The molecule has 2 aromatic rings. The lowest BCUT2D eigenvalue weighted by molar-refractivity contribution is -0.146. The van der Waals surface area contributed by atoms with Gasteiger partial charge in [0.05, 0.1) is 13.1 Å². The quantitative estimate of drug-likeness (QED) is 0.0448. The number of likely N-dealkylation sites (N-methyl/N-ethyl adjacent to an activating group) is 2. The molecule has 21 nitrogen and oxygen atoms in total. The molecule has 0 radical (unpaired) electrons. The summed E-state index contributed by atoms with van der Waals surface area (Å²) in [5.74, 6) is -7.91. The zero-order chi connectivity index (χ0) is 51.9. The van der Waals surface area contributed by atoms with Gasteiger partial charge in [-0.3, -0.25) is 33.6 Å². The van der Waals surface area contributed by atoms with Crippen LogP contribution in [-0.2, 0) is 44.8 Å². The van der Waals surface area contributed by atoms with Crippen molar-refractivity contribution in [2.45, 2.75) is 153 Å². The van der Waals surface area contributed by atoms with E-state index < -0.39 is 97.5 Å². The average Bonchev–Trinajstić information content (AvgIpc) is 3.32. The molecular formula is C49H74N8O13. The van der Waals surface area contributed by atoms with Gasteiger partial charge in [-0.15, -0.1) is 0 Å². The molecule has 7 amide bonds. The summed E-state index contributed by atoms with van der Waals surface area (Å²) in [6, 6.07) is 2.60. The Kier molecular flexibility index (Phi) is 24.6. The molecule has 3 rings (SSSR count). The topological polar surface area (TPSA) is 330 Å². The number of carbonyl (C=O) groups is 8. The minimum absolute atomic E-state index is 0.0108. The predicted molar refractivity (Wildman–Crippen MR) is 258 cm³/mol. The van der Waals surface area contributed by atoms with Crippen LogP contribution >= 0.6 is 0 Å². The van der Waals surface area contributed by atoms with E-state index in [2.05, 4.69) is 33.5 Å². The first-order chi connectivity index (χ1) is 33.3. The Morgan fingerprint density at radius 3 is 1.93 bits per heavy atom. The number of carboxylic acid groups (broad SMARTS) is 1. The lowest BCUT2D eigenvalue weighted by Gasteiger charge is -2.30. The summed E-state index contributed by atoms with van der Waals surface area (Å²) in [6.45, 7) is 1.63. The van der Waals surface area contributed by atoms with E-state index in [-0.39, 0.29) is 53.4 Å². The summed E-state index contributed by atoms with van der Waals surface area (Å²) in [4.78, 5) is 107. The average molecular weight is 983 g/mol. The fourth-order valence-electron chi connectivity index (χ4n) is 8.05. The molecule has 21 heteroatoms. The molecule has 0 aliphatic carbocycles. The number of hydrogen-bond donors (Lipinski definition) is 11. The number of nitrogens with zero attached hydrogens (tertiary/aromatic N) is 2. The first-order valence-corrected chi connectivity index (χ1v) is 24.2. The van der Waals surface area contributed by atoms with Crippen molar-refractivity contribution in [1.29, 1.82) is 0 Å². The number of aliphatic carboxylic acids is 1. The number of aliphatic hydroxyl groups is 2. The van der Waals surface area contributed by atoms with Gasteiger partial charge in [-0.2, -0.15) is 0 Å². The summed E-state index contributed by atoms with van der Waals surface area (Å²) >= 11 is 0. The first kappa shape index (κ1) is 58.0. The van der Waals surface area contributed by atoms with Gasteiger partial charge in [0, 0.05) is 44.7 Å². The Bertz CT molecular complexity index is 2100. The fourth-order valence-corrected chi connectivity index (χ4v) is 8.05. The maximum absolute atomic E-state index is 14.1. The molecule has 1 unspecified atom stereocenters. The van der Waals surface area contributed by atoms with Crippen LogP contribution in [0.5, 0.6) is 11.5 Å². The molecule has 2 aromatic carbocycles. The van der Waals surface area contributed by atoms with E-state index >= 15 is 0 Å². The highest BCUT2D eigenvalue weighted by Crippen LogP contribution is 2.38. The Balaban J connectivity index is 1.67. The van der Waals surface area contributed by atoms with Crippen LogP contribution in [0.1, 0.15) is 127 Å². The van der Waals surface area contributed by atoms with Crippen molar-refractivity contribution in [2.75, 3.05) is 33.8 Å². The van der Waals surface area contributed by atoms with E-state index in [0.29, 0.717) is 12.0 Å². The third kappa shape index (κ3) is 18.2. The number of benzene rings is 2. The summed E-state index contributed by atoms with van der Waals surface area (Å²) in [5, 5.41) is 62.3. The summed E-state index contributed by atoms with van der Waals surface area (Å²) < 4.78 is 0. The Labute approximate surface area is 409 Å². The number of phenolic OH excluding ortho intramolecular Hbond substituents is 2. The van der Waals surface area contributed by atoms with Crippen molar-refractivity contribution in [3.63, 3.8) is 0 Å². The van der Waals surface area contributed by atoms with Crippen LogP contribution < -0.4 is 32.3 Å². The summed E-state index contributed by atoms with van der Waals surface area (Å²) in [6.07, 6.45) is 11.1. The lowest BCUT2D eigenvalue weighted by Crippen LogP contribution is -2.58. The SMILES string of the molecule is CCCCCCCCCCCCCCCC(=O)N(C)[C@H](CCO)C(=O)N[C@H](N)C(=O)NCC(=O)N(C)[C@@H]1C(=O)N[C@@H](C)C(=O)N[C@H](C(=O)NCC(O)C(=O)O)Cc2ccc(O)c(c2)-c2cc1ccc2O. The second-order valence-corrected chi connectivity index (χ2v) is 17.9. The number of nitrogens with two attached hydrogens (primary N) is 1. The monoisotopic (exact) mass is 983 g/mol. The van der Waals surface area contributed by atoms with E-state index in [0.717, 1.165) is 30.6 Å². The van der Waals surface area contributed by atoms with E-state index in [9.17, 15) is 58.8 Å². The number of aromatic hydroxyl groups is 2. The zero-order valence-electron chi connectivity index (χ0n) is 40.8. The summed E-state index contributed by atoms with van der Waals surface area (Å²) in [5.41, 5.74) is 6.53. The molecule has 0 spiro atoms. The second kappa shape index (κ2) is 29.7. The van der Waals surface area contributed by atoms with E-state index in [4.69, 9.17) is 10.8 Å². The minimum atomic E-state index is -1.95. The third-order valence-electron chi connectivity index (χ3n) is 12.4. The highest BCUT2D eigenvalue weighted by molar-refractivity contribution is 5.97. The zero-order valence-corrected chi connectivity index (χ0v) is 40.8. The molecule has 1 heterocycles. The van der Waals surface area contributed by atoms with Gasteiger partial charge in [-0.25, -0.2) is 4.79 Å². The number of hydrogen-bond acceptors (Lipinski definition) is 13. The molecular weight excluding hydrogens is 909 g/mol. The number of carbonyl (C=O) groups excluding carboxylic acids is 7. The van der Waals surface area contributed by atoms with Gasteiger partial charge in [0.2, 0.25) is 35.4 Å². The Morgan fingerprint density at radius 1 is 0.771 bits per heavy atom. The van der Waals surface area contributed by atoms with Crippen molar-refractivity contribution < 1.29 is 63.9 Å². The van der Waals surface area contributed by atoms with Crippen molar-refractivity contribution in [3.05, 3.63) is 47.5 Å². The van der Waals surface area contributed by atoms with Crippen LogP contribution in [0, 0.1) is 0 Å². The van der Waals surface area contributed by atoms with Crippen LogP contribution in [0.4, 0.5) is 0 Å². The number of unbranched alkanes of at least 4 members (excludes halogenated alkanes) is 12. The first-order valence-electron chi connectivity index (χ1n) is 24.2. The fraction of sp³-hybridized carbons (Fsp3) is 0.592.